The maximum absolute atomic E-state index is 3.62. The molecule has 0 aromatic heterocycles. The summed E-state index contributed by atoms with van der Waals surface area (Å²) in [5.41, 5.74) is 0. The van der Waals surface area contributed by atoms with Crippen molar-refractivity contribution in [3.8, 4) is 0 Å². The lowest BCUT2D eigenvalue weighted by Gasteiger charge is -2.37. The second-order valence-corrected chi connectivity index (χ2v) is 6.04. The summed E-state index contributed by atoms with van der Waals surface area (Å²) in [5.74, 6) is 0.986. The highest BCUT2D eigenvalue weighted by atomic mass is 15.2. The number of rotatable bonds is 2. The van der Waals surface area contributed by atoms with Gasteiger partial charge < -0.3 is 5.32 Å². The van der Waals surface area contributed by atoms with Gasteiger partial charge in [0.2, 0.25) is 0 Å². The van der Waals surface area contributed by atoms with E-state index < -0.39 is 0 Å². The molecule has 2 atom stereocenters. The lowest BCUT2D eigenvalue weighted by Crippen LogP contribution is -2.55. The maximum Gasteiger partial charge on any atom is 0.0169 e. The Morgan fingerprint density at radius 2 is 1.50 bits per heavy atom. The number of piperazine rings is 1. The molecule has 0 bridgehead atoms. The van der Waals surface area contributed by atoms with Gasteiger partial charge in [0.15, 0.2) is 0 Å². The van der Waals surface area contributed by atoms with Gasteiger partial charge in [0.05, 0.1) is 0 Å². The predicted octanol–water partition coefficient (Wildman–Crippen LogP) is 2.64. The Bertz CT molecular complexity index is 187. The van der Waals surface area contributed by atoms with Gasteiger partial charge in [0, 0.05) is 31.7 Å². The first-order chi connectivity index (χ1) is 7.74. The summed E-state index contributed by atoms with van der Waals surface area (Å²) < 4.78 is 0. The lowest BCUT2D eigenvalue weighted by atomic mass is 9.98. The summed E-state index contributed by atoms with van der Waals surface area (Å²) in [6.45, 7) is 8.49. The van der Waals surface area contributed by atoms with Crippen molar-refractivity contribution in [2.45, 2.75) is 64.5 Å². The molecule has 2 unspecified atom stereocenters. The van der Waals surface area contributed by atoms with Crippen molar-refractivity contribution >= 4 is 0 Å². The number of hydrogen-bond donors (Lipinski definition) is 1. The first-order valence-electron chi connectivity index (χ1n) is 7.22. The van der Waals surface area contributed by atoms with E-state index in [0.717, 1.165) is 5.92 Å². The fraction of sp³-hybridized carbons (Fsp3) is 1.00. The van der Waals surface area contributed by atoms with Gasteiger partial charge in [-0.25, -0.2) is 0 Å². The molecule has 0 amide bonds. The molecule has 2 heteroatoms. The highest BCUT2D eigenvalue weighted by Gasteiger charge is 2.23. The van der Waals surface area contributed by atoms with Crippen LogP contribution in [-0.4, -0.2) is 36.6 Å². The monoisotopic (exact) mass is 224 g/mol. The smallest absolute Gasteiger partial charge is 0.0169 e. The molecule has 1 N–H and O–H groups in total. The maximum atomic E-state index is 3.62. The third-order valence-electron chi connectivity index (χ3n) is 4.12. The van der Waals surface area contributed by atoms with Gasteiger partial charge in [-0.2, -0.15) is 0 Å². The fourth-order valence-corrected chi connectivity index (χ4v) is 3.50. The Hall–Kier alpha value is -0.0800. The van der Waals surface area contributed by atoms with E-state index in [9.17, 15) is 0 Å². The van der Waals surface area contributed by atoms with E-state index in [1.807, 2.05) is 0 Å². The van der Waals surface area contributed by atoms with E-state index in [4.69, 9.17) is 0 Å². The van der Waals surface area contributed by atoms with Crippen molar-refractivity contribution in [2.24, 2.45) is 5.92 Å². The SMILES string of the molecule is CC1CN(CC2CCCCCC2)CC(C)N1. The van der Waals surface area contributed by atoms with E-state index >= 15 is 0 Å². The number of nitrogens with zero attached hydrogens (tertiary/aromatic N) is 1. The van der Waals surface area contributed by atoms with E-state index in [-0.39, 0.29) is 0 Å². The van der Waals surface area contributed by atoms with Gasteiger partial charge in [-0.05, 0) is 32.6 Å². The van der Waals surface area contributed by atoms with Gasteiger partial charge in [-0.15, -0.1) is 0 Å². The Balaban J connectivity index is 1.78. The minimum absolute atomic E-state index is 0.675. The Morgan fingerprint density at radius 1 is 0.938 bits per heavy atom. The Kier molecular flexibility index (Phi) is 4.66. The molecule has 2 aliphatic rings. The third-order valence-corrected chi connectivity index (χ3v) is 4.12. The van der Waals surface area contributed by atoms with Crippen molar-refractivity contribution in [1.29, 1.82) is 0 Å². The van der Waals surface area contributed by atoms with Crippen LogP contribution in [0.25, 0.3) is 0 Å². The molecule has 0 aromatic carbocycles. The van der Waals surface area contributed by atoms with Crippen molar-refractivity contribution < 1.29 is 0 Å². The molecular formula is C14H28N2. The van der Waals surface area contributed by atoms with Gasteiger partial charge in [0.25, 0.3) is 0 Å². The average Bonchev–Trinajstić information content (AvgIpc) is 2.44. The summed E-state index contributed by atoms with van der Waals surface area (Å²) in [6.07, 6.45) is 8.86. The molecule has 0 aromatic rings. The highest BCUT2D eigenvalue weighted by Crippen LogP contribution is 2.24. The molecule has 0 spiro atoms. The molecule has 16 heavy (non-hydrogen) atoms. The normalized spacial score (nSPS) is 34.9. The molecular weight excluding hydrogens is 196 g/mol. The minimum atomic E-state index is 0.675. The van der Waals surface area contributed by atoms with Crippen LogP contribution in [0.4, 0.5) is 0 Å². The van der Waals surface area contributed by atoms with Crippen LogP contribution in [0.15, 0.2) is 0 Å². The average molecular weight is 224 g/mol. The lowest BCUT2D eigenvalue weighted by molar-refractivity contribution is 0.145. The van der Waals surface area contributed by atoms with Crippen LogP contribution in [-0.2, 0) is 0 Å². The van der Waals surface area contributed by atoms with Gasteiger partial charge in [-0.1, -0.05) is 25.7 Å². The predicted molar refractivity (Wildman–Crippen MR) is 69.7 cm³/mol. The van der Waals surface area contributed by atoms with Gasteiger partial charge >= 0.3 is 0 Å². The molecule has 1 saturated heterocycles. The second-order valence-electron chi connectivity index (χ2n) is 6.04. The molecule has 2 nitrogen and oxygen atoms in total. The van der Waals surface area contributed by atoms with Crippen LogP contribution in [0.1, 0.15) is 52.4 Å². The number of nitrogens with one attached hydrogen (secondary N) is 1. The zero-order valence-corrected chi connectivity index (χ0v) is 11.0. The van der Waals surface area contributed by atoms with Crippen LogP contribution in [0, 0.1) is 5.92 Å². The molecule has 94 valence electrons. The van der Waals surface area contributed by atoms with Crippen molar-refractivity contribution in [1.82, 2.24) is 10.2 Å². The third kappa shape index (κ3) is 3.74. The first-order valence-corrected chi connectivity index (χ1v) is 7.22. The highest BCUT2D eigenvalue weighted by molar-refractivity contribution is 4.82. The summed E-state index contributed by atoms with van der Waals surface area (Å²) in [6, 6.07) is 1.35. The van der Waals surface area contributed by atoms with Crippen LogP contribution >= 0.6 is 0 Å². The molecule has 2 fully saturated rings. The zero-order valence-electron chi connectivity index (χ0n) is 11.0. The Labute approximate surface area is 101 Å². The molecule has 0 radical (unpaired) electrons. The fourth-order valence-electron chi connectivity index (χ4n) is 3.50. The van der Waals surface area contributed by atoms with Gasteiger partial charge in [0.1, 0.15) is 0 Å². The van der Waals surface area contributed by atoms with Crippen LogP contribution in [0.5, 0.6) is 0 Å². The standard InChI is InChI=1S/C14H28N2/c1-12-9-16(10-13(2)15-12)11-14-7-5-3-4-6-8-14/h12-15H,3-11H2,1-2H3. The molecule has 1 aliphatic carbocycles. The van der Waals surface area contributed by atoms with E-state index in [1.165, 1.54) is 58.2 Å². The van der Waals surface area contributed by atoms with Gasteiger partial charge in [-0.3, -0.25) is 4.90 Å². The summed E-state index contributed by atoms with van der Waals surface area (Å²) in [4.78, 5) is 2.70. The van der Waals surface area contributed by atoms with Crippen molar-refractivity contribution in [2.75, 3.05) is 19.6 Å². The van der Waals surface area contributed by atoms with Crippen LogP contribution < -0.4 is 5.32 Å². The number of hydrogen-bond acceptors (Lipinski definition) is 2. The summed E-state index contributed by atoms with van der Waals surface area (Å²) in [7, 11) is 0. The first kappa shape index (κ1) is 12.4. The van der Waals surface area contributed by atoms with E-state index in [0.29, 0.717) is 12.1 Å². The van der Waals surface area contributed by atoms with E-state index in [1.54, 1.807) is 0 Å². The summed E-state index contributed by atoms with van der Waals surface area (Å²) in [5, 5.41) is 3.62. The van der Waals surface area contributed by atoms with Crippen molar-refractivity contribution in [3.05, 3.63) is 0 Å². The minimum Gasteiger partial charge on any atom is -0.309 e. The van der Waals surface area contributed by atoms with E-state index in [2.05, 4.69) is 24.1 Å². The summed E-state index contributed by atoms with van der Waals surface area (Å²) >= 11 is 0. The van der Waals surface area contributed by atoms with Crippen molar-refractivity contribution in [3.63, 3.8) is 0 Å². The Morgan fingerprint density at radius 3 is 2.06 bits per heavy atom. The molecule has 2 rings (SSSR count). The molecule has 1 heterocycles. The second kappa shape index (κ2) is 6.02. The van der Waals surface area contributed by atoms with Crippen LogP contribution in [0.2, 0.25) is 0 Å². The quantitative estimate of drug-likeness (QED) is 0.725. The molecule has 1 saturated carbocycles. The molecule has 1 aliphatic heterocycles. The zero-order chi connectivity index (χ0) is 11.4. The topological polar surface area (TPSA) is 15.3 Å². The van der Waals surface area contributed by atoms with Crippen LogP contribution in [0.3, 0.4) is 0 Å². The largest absolute Gasteiger partial charge is 0.309 e.